The average molecular weight is 363 g/mol. The summed E-state index contributed by atoms with van der Waals surface area (Å²) in [7, 11) is -4.07. The van der Waals surface area contributed by atoms with Crippen molar-refractivity contribution in [3.05, 3.63) is 52.5 Å². The summed E-state index contributed by atoms with van der Waals surface area (Å²) in [6.45, 7) is 0. The van der Waals surface area contributed by atoms with Gasteiger partial charge in [0.2, 0.25) is 0 Å². The fourth-order valence-corrected chi connectivity index (χ4v) is 3.33. The van der Waals surface area contributed by atoms with Crippen LogP contribution in [-0.2, 0) is 10.0 Å². The van der Waals surface area contributed by atoms with E-state index in [0.717, 1.165) is 18.2 Å². The number of para-hydroxylation sites is 1. The topological polar surface area (TPSA) is 72.2 Å². The summed E-state index contributed by atoms with van der Waals surface area (Å²) in [5, 5.41) is 0. The Labute approximate surface area is 122 Å². The van der Waals surface area contributed by atoms with E-state index in [2.05, 4.69) is 20.7 Å². The standard InChI is InChI=1S/C12H9BrF2N2O2S/c13-8-6-7(14)4-5-10(8)17-20(18,19)11-3-1-2-9(15)12(11)16/h1-6,17H,16H2. The second-order valence-electron chi connectivity index (χ2n) is 3.88. The maximum atomic E-state index is 13.3. The average Bonchev–Trinajstić information content (AvgIpc) is 2.36. The molecule has 0 amide bonds. The Morgan fingerprint density at radius 1 is 1.15 bits per heavy atom. The highest BCUT2D eigenvalue weighted by Gasteiger charge is 2.20. The lowest BCUT2D eigenvalue weighted by molar-refractivity contribution is 0.597. The number of halogens is 3. The normalized spacial score (nSPS) is 11.3. The Kier molecular flexibility index (Phi) is 3.96. The van der Waals surface area contributed by atoms with Gasteiger partial charge in [-0.25, -0.2) is 17.2 Å². The van der Waals surface area contributed by atoms with Crippen LogP contribution < -0.4 is 10.5 Å². The van der Waals surface area contributed by atoms with Crippen molar-refractivity contribution in [3.63, 3.8) is 0 Å². The molecule has 0 aliphatic rings. The molecule has 0 aliphatic carbocycles. The summed E-state index contributed by atoms with van der Waals surface area (Å²) in [4.78, 5) is -0.381. The number of benzene rings is 2. The lowest BCUT2D eigenvalue weighted by atomic mass is 10.3. The quantitative estimate of drug-likeness (QED) is 0.824. The summed E-state index contributed by atoms with van der Waals surface area (Å²) < 4.78 is 53.0. The molecule has 0 radical (unpaired) electrons. The molecule has 0 bridgehead atoms. The van der Waals surface area contributed by atoms with E-state index in [1.807, 2.05) is 0 Å². The van der Waals surface area contributed by atoms with Crippen molar-refractivity contribution in [1.82, 2.24) is 0 Å². The van der Waals surface area contributed by atoms with Crippen LogP contribution in [0.25, 0.3) is 0 Å². The maximum Gasteiger partial charge on any atom is 0.264 e. The SMILES string of the molecule is Nc1c(F)cccc1S(=O)(=O)Nc1ccc(F)cc1Br. The Morgan fingerprint density at radius 2 is 1.85 bits per heavy atom. The predicted octanol–water partition coefficient (Wildman–Crippen LogP) is 3.11. The van der Waals surface area contributed by atoms with Gasteiger partial charge in [0.05, 0.1) is 11.4 Å². The highest BCUT2D eigenvalue weighted by molar-refractivity contribution is 9.10. The first-order chi connectivity index (χ1) is 9.31. The van der Waals surface area contributed by atoms with Gasteiger partial charge in [-0.2, -0.15) is 0 Å². The van der Waals surface area contributed by atoms with Gasteiger partial charge in [0.25, 0.3) is 10.0 Å². The molecule has 0 heterocycles. The van der Waals surface area contributed by atoms with Gasteiger partial charge in [0.15, 0.2) is 0 Å². The summed E-state index contributed by atoms with van der Waals surface area (Å²) in [5.74, 6) is -1.35. The number of nitrogens with two attached hydrogens (primary N) is 1. The van der Waals surface area contributed by atoms with E-state index in [9.17, 15) is 17.2 Å². The molecular formula is C12H9BrF2N2O2S. The third-order valence-corrected chi connectivity index (χ3v) is 4.56. The Balaban J connectivity index is 2.44. The van der Waals surface area contributed by atoms with Crippen LogP contribution in [0.2, 0.25) is 0 Å². The molecule has 0 saturated heterocycles. The van der Waals surface area contributed by atoms with Crippen LogP contribution >= 0.6 is 15.9 Å². The van der Waals surface area contributed by atoms with Gasteiger partial charge in [-0.15, -0.1) is 0 Å². The predicted molar refractivity (Wildman–Crippen MR) is 75.7 cm³/mol. The van der Waals surface area contributed by atoms with E-state index in [1.165, 1.54) is 18.2 Å². The van der Waals surface area contributed by atoms with Crippen LogP contribution in [0, 0.1) is 11.6 Å². The molecule has 8 heteroatoms. The highest BCUT2D eigenvalue weighted by Crippen LogP contribution is 2.28. The number of rotatable bonds is 3. The van der Waals surface area contributed by atoms with Crippen LogP contribution in [0.15, 0.2) is 45.8 Å². The molecular weight excluding hydrogens is 354 g/mol. The van der Waals surface area contributed by atoms with E-state index in [0.29, 0.717) is 0 Å². The van der Waals surface area contributed by atoms with Gasteiger partial charge in [-0.05, 0) is 46.3 Å². The molecule has 0 fully saturated rings. The first kappa shape index (κ1) is 14.7. The lowest BCUT2D eigenvalue weighted by Gasteiger charge is -2.11. The smallest absolute Gasteiger partial charge is 0.264 e. The number of hydrogen-bond acceptors (Lipinski definition) is 3. The first-order valence-corrected chi connectivity index (χ1v) is 7.61. The van der Waals surface area contributed by atoms with E-state index >= 15 is 0 Å². The van der Waals surface area contributed by atoms with Gasteiger partial charge in [0, 0.05) is 4.47 Å². The molecule has 0 atom stereocenters. The van der Waals surface area contributed by atoms with Crippen molar-refractivity contribution < 1.29 is 17.2 Å². The molecule has 2 aromatic carbocycles. The van der Waals surface area contributed by atoms with E-state index < -0.39 is 27.3 Å². The van der Waals surface area contributed by atoms with Crippen LogP contribution in [0.3, 0.4) is 0 Å². The second-order valence-corrected chi connectivity index (χ2v) is 6.39. The van der Waals surface area contributed by atoms with Crippen molar-refractivity contribution in [2.24, 2.45) is 0 Å². The second kappa shape index (κ2) is 5.37. The molecule has 2 aromatic rings. The molecule has 20 heavy (non-hydrogen) atoms. The van der Waals surface area contributed by atoms with Gasteiger partial charge in [-0.1, -0.05) is 6.07 Å². The fourth-order valence-electron chi connectivity index (χ4n) is 1.52. The number of hydrogen-bond donors (Lipinski definition) is 2. The molecule has 0 aromatic heterocycles. The van der Waals surface area contributed by atoms with Gasteiger partial charge in [-0.3, -0.25) is 4.72 Å². The zero-order valence-corrected chi connectivity index (χ0v) is 12.3. The number of nitrogens with one attached hydrogen (secondary N) is 1. The molecule has 0 saturated carbocycles. The largest absolute Gasteiger partial charge is 0.395 e. The minimum absolute atomic E-state index is 0.120. The van der Waals surface area contributed by atoms with E-state index in [1.54, 1.807) is 0 Å². The van der Waals surface area contributed by atoms with Gasteiger partial charge >= 0.3 is 0 Å². The molecule has 2 rings (SSSR count). The number of nitrogen functional groups attached to an aromatic ring is 1. The van der Waals surface area contributed by atoms with E-state index in [-0.39, 0.29) is 15.1 Å². The van der Waals surface area contributed by atoms with Gasteiger partial charge in [0.1, 0.15) is 16.5 Å². The summed E-state index contributed by atoms with van der Waals surface area (Å²) in [6, 6.07) is 6.91. The molecule has 0 unspecified atom stereocenters. The van der Waals surface area contributed by atoms with Crippen LogP contribution in [0.4, 0.5) is 20.2 Å². The van der Waals surface area contributed by atoms with Gasteiger partial charge < -0.3 is 5.73 Å². The highest BCUT2D eigenvalue weighted by atomic mass is 79.9. The van der Waals surface area contributed by atoms with Crippen LogP contribution in [0.1, 0.15) is 0 Å². The maximum absolute atomic E-state index is 13.3. The minimum Gasteiger partial charge on any atom is -0.395 e. The number of anilines is 2. The van der Waals surface area contributed by atoms with Crippen LogP contribution in [-0.4, -0.2) is 8.42 Å². The minimum atomic E-state index is -4.07. The van der Waals surface area contributed by atoms with Crippen molar-refractivity contribution in [3.8, 4) is 0 Å². The monoisotopic (exact) mass is 362 g/mol. The lowest BCUT2D eigenvalue weighted by Crippen LogP contribution is -2.15. The molecule has 0 aliphatic heterocycles. The molecule has 4 nitrogen and oxygen atoms in total. The Bertz CT molecular complexity index is 766. The molecule has 0 spiro atoms. The zero-order valence-electron chi connectivity index (χ0n) is 9.90. The Morgan fingerprint density at radius 3 is 2.50 bits per heavy atom. The van der Waals surface area contributed by atoms with Crippen molar-refractivity contribution in [2.45, 2.75) is 4.90 Å². The van der Waals surface area contributed by atoms with Crippen LogP contribution in [0.5, 0.6) is 0 Å². The summed E-state index contributed by atoms with van der Waals surface area (Å²) in [6.07, 6.45) is 0. The summed E-state index contributed by atoms with van der Waals surface area (Å²) in [5.41, 5.74) is 5.07. The molecule has 106 valence electrons. The summed E-state index contributed by atoms with van der Waals surface area (Å²) >= 11 is 3.03. The third-order valence-electron chi connectivity index (χ3n) is 2.48. The van der Waals surface area contributed by atoms with Crippen molar-refractivity contribution in [2.75, 3.05) is 10.5 Å². The third kappa shape index (κ3) is 2.91. The number of sulfonamides is 1. The van der Waals surface area contributed by atoms with Crippen molar-refractivity contribution >= 4 is 37.3 Å². The fraction of sp³-hybridized carbons (Fsp3) is 0. The first-order valence-electron chi connectivity index (χ1n) is 5.33. The van der Waals surface area contributed by atoms with Crippen molar-refractivity contribution in [1.29, 1.82) is 0 Å². The van der Waals surface area contributed by atoms with E-state index in [4.69, 9.17) is 5.73 Å². The molecule has 3 N–H and O–H groups in total. The zero-order chi connectivity index (χ0) is 14.9. The Hall–Kier alpha value is -1.67.